The third-order valence-corrected chi connectivity index (χ3v) is 1.25. The van der Waals surface area contributed by atoms with E-state index in [1.165, 1.54) is 24.6 Å². The SMILES string of the molecule is CC.CCC.Nc1ccc(C(=O)O)c(O)c1. The summed E-state index contributed by atoms with van der Waals surface area (Å²) in [6, 6.07) is 3.87. The molecule has 4 N–H and O–H groups in total. The van der Waals surface area contributed by atoms with E-state index in [4.69, 9.17) is 15.9 Å². The molecule has 0 saturated heterocycles. The number of nitrogen functional groups attached to an aromatic ring is 1. The number of anilines is 1. The summed E-state index contributed by atoms with van der Waals surface area (Å²) in [7, 11) is 0. The maximum atomic E-state index is 10.3. The van der Waals surface area contributed by atoms with Crippen LogP contribution < -0.4 is 5.73 Å². The third-order valence-electron chi connectivity index (χ3n) is 1.25. The van der Waals surface area contributed by atoms with Gasteiger partial charge in [0, 0.05) is 11.8 Å². The summed E-state index contributed by atoms with van der Waals surface area (Å²) in [4.78, 5) is 10.3. The van der Waals surface area contributed by atoms with Gasteiger partial charge in [0.2, 0.25) is 0 Å². The van der Waals surface area contributed by atoms with Gasteiger partial charge in [0.15, 0.2) is 0 Å². The van der Waals surface area contributed by atoms with E-state index in [1.54, 1.807) is 0 Å². The zero-order valence-electron chi connectivity index (χ0n) is 10.3. The Morgan fingerprint density at radius 2 is 1.75 bits per heavy atom. The van der Waals surface area contributed by atoms with Crippen LogP contribution in [0.25, 0.3) is 0 Å². The Balaban J connectivity index is 0. The van der Waals surface area contributed by atoms with Crippen LogP contribution in [0.5, 0.6) is 5.75 Å². The molecule has 1 rings (SSSR count). The molecule has 1 aromatic rings. The highest BCUT2D eigenvalue weighted by molar-refractivity contribution is 5.91. The highest BCUT2D eigenvalue weighted by Crippen LogP contribution is 2.19. The summed E-state index contributed by atoms with van der Waals surface area (Å²) in [5.74, 6) is -1.47. The van der Waals surface area contributed by atoms with Gasteiger partial charge in [-0.05, 0) is 12.1 Å². The number of carboxylic acids is 1. The first kappa shape index (κ1) is 16.7. The van der Waals surface area contributed by atoms with E-state index >= 15 is 0 Å². The van der Waals surface area contributed by atoms with Gasteiger partial charge in [-0.2, -0.15) is 0 Å². The number of carboxylic acid groups (broad SMARTS) is 1. The van der Waals surface area contributed by atoms with Gasteiger partial charge in [-0.15, -0.1) is 0 Å². The van der Waals surface area contributed by atoms with Crippen LogP contribution in [-0.2, 0) is 0 Å². The molecule has 0 atom stereocenters. The lowest BCUT2D eigenvalue weighted by molar-refractivity contribution is 0.0694. The Morgan fingerprint density at radius 3 is 2.06 bits per heavy atom. The van der Waals surface area contributed by atoms with Crippen molar-refractivity contribution in [2.45, 2.75) is 34.1 Å². The van der Waals surface area contributed by atoms with Crippen molar-refractivity contribution in [2.24, 2.45) is 0 Å². The second kappa shape index (κ2) is 9.83. The minimum atomic E-state index is -1.16. The Kier molecular flexibility index (Phi) is 10.3. The molecule has 0 spiro atoms. The van der Waals surface area contributed by atoms with E-state index < -0.39 is 5.97 Å². The van der Waals surface area contributed by atoms with Gasteiger partial charge in [0.05, 0.1) is 0 Å². The lowest BCUT2D eigenvalue weighted by Gasteiger charge is -1.98. The number of rotatable bonds is 1. The molecule has 0 heterocycles. The van der Waals surface area contributed by atoms with Crippen LogP contribution in [0.3, 0.4) is 0 Å². The molecule has 0 aliphatic carbocycles. The first-order valence-electron chi connectivity index (χ1n) is 5.34. The number of hydrogen-bond donors (Lipinski definition) is 3. The van der Waals surface area contributed by atoms with Crippen LogP contribution in [0.15, 0.2) is 18.2 Å². The second-order valence-corrected chi connectivity index (χ2v) is 2.79. The smallest absolute Gasteiger partial charge is 0.339 e. The average Bonchev–Trinajstić information content (AvgIpc) is 2.21. The molecule has 92 valence electrons. The lowest BCUT2D eigenvalue weighted by atomic mass is 10.2. The van der Waals surface area contributed by atoms with E-state index in [0.717, 1.165) is 0 Å². The fourth-order valence-electron chi connectivity index (χ4n) is 0.730. The Morgan fingerprint density at radius 1 is 1.31 bits per heavy atom. The van der Waals surface area contributed by atoms with Crippen molar-refractivity contribution in [1.82, 2.24) is 0 Å². The number of carbonyl (C=O) groups is 1. The Labute approximate surface area is 96.7 Å². The van der Waals surface area contributed by atoms with E-state index in [-0.39, 0.29) is 11.3 Å². The zero-order valence-corrected chi connectivity index (χ0v) is 10.3. The van der Waals surface area contributed by atoms with Crippen LogP contribution in [0, 0.1) is 0 Å². The van der Waals surface area contributed by atoms with Crippen LogP contribution in [0.1, 0.15) is 44.5 Å². The topological polar surface area (TPSA) is 83.6 Å². The van der Waals surface area contributed by atoms with Crippen LogP contribution >= 0.6 is 0 Å². The highest BCUT2D eigenvalue weighted by Gasteiger charge is 2.07. The molecule has 0 aromatic heterocycles. The number of phenols is 1. The van der Waals surface area contributed by atoms with Crippen LogP contribution in [0.4, 0.5) is 5.69 Å². The van der Waals surface area contributed by atoms with Gasteiger partial charge in [-0.1, -0.05) is 34.1 Å². The number of nitrogens with two attached hydrogens (primary N) is 1. The van der Waals surface area contributed by atoms with Gasteiger partial charge in [0.25, 0.3) is 0 Å². The van der Waals surface area contributed by atoms with E-state index in [0.29, 0.717) is 5.69 Å². The van der Waals surface area contributed by atoms with Gasteiger partial charge in [-0.3, -0.25) is 0 Å². The number of aromatic carboxylic acids is 1. The quantitative estimate of drug-likeness (QED) is 0.643. The van der Waals surface area contributed by atoms with Crippen molar-refractivity contribution in [3.63, 3.8) is 0 Å². The summed E-state index contributed by atoms with van der Waals surface area (Å²) in [5, 5.41) is 17.5. The summed E-state index contributed by atoms with van der Waals surface area (Å²) >= 11 is 0. The molecule has 0 amide bonds. The van der Waals surface area contributed by atoms with Crippen molar-refractivity contribution in [1.29, 1.82) is 0 Å². The molecular formula is C12H21NO3. The van der Waals surface area contributed by atoms with Crippen molar-refractivity contribution in [3.05, 3.63) is 23.8 Å². The van der Waals surface area contributed by atoms with Crippen molar-refractivity contribution < 1.29 is 15.0 Å². The molecule has 0 saturated carbocycles. The van der Waals surface area contributed by atoms with E-state index in [2.05, 4.69) is 13.8 Å². The van der Waals surface area contributed by atoms with Crippen LogP contribution in [-0.4, -0.2) is 16.2 Å². The predicted molar refractivity (Wildman–Crippen MR) is 66.8 cm³/mol. The standard InChI is InChI=1S/C7H7NO3.C3H8.C2H6/c8-4-1-2-5(7(10)11)6(9)3-4;1-3-2;1-2/h1-3,9H,8H2,(H,10,11);3H2,1-2H3;1-2H3. The zero-order chi connectivity index (χ0) is 13.1. The number of aromatic hydroxyl groups is 1. The second-order valence-electron chi connectivity index (χ2n) is 2.79. The molecule has 4 nitrogen and oxygen atoms in total. The average molecular weight is 227 g/mol. The maximum Gasteiger partial charge on any atom is 0.339 e. The first-order chi connectivity index (χ1) is 7.52. The largest absolute Gasteiger partial charge is 0.507 e. The molecular weight excluding hydrogens is 206 g/mol. The fraction of sp³-hybridized carbons (Fsp3) is 0.417. The molecule has 0 aliphatic rings. The molecule has 0 radical (unpaired) electrons. The summed E-state index contributed by atoms with van der Waals surface area (Å²) < 4.78 is 0. The van der Waals surface area contributed by atoms with Gasteiger partial charge in [0.1, 0.15) is 11.3 Å². The monoisotopic (exact) mass is 227 g/mol. The fourth-order valence-corrected chi connectivity index (χ4v) is 0.730. The molecule has 0 aliphatic heterocycles. The molecule has 0 unspecified atom stereocenters. The van der Waals surface area contributed by atoms with Crippen molar-refractivity contribution >= 4 is 11.7 Å². The minimum Gasteiger partial charge on any atom is -0.507 e. The molecule has 1 aromatic carbocycles. The van der Waals surface area contributed by atoms with Gasteiger partial charge >= 0.3 is 5.97 Å². The lowest BCUT2D eigenvalue weighted by Crippen LogP contribution is -1.97. The molecule has 4 heteroatoms. The maximum absolute atomic E-state index is 10.3. The molecule has 0 fully saturated rings. The molecule has 16 heavy (non-hydrogen) atoms. The summed E-state index contributed by atoms with van der Waals surface area (Å²) in [6.07, 6.45) is 1.25. The van der Waals surface area contributed by atoms with E-state index in [9.17, 15) is 4.79 Å². The van der Waals surface area contributed by atoms with Gasteiger partial charge < -0.3 is 15.9 Å². The predicted octanol–water partition coefficient (Wildman–Crippen LogP) is 3.12. The number of benzene rings is 1. The first-order valence-corrected chi connectivity index (χ1v) is 5.34. The Bertz CT molecular complexity index is 311. The highest BCUT2D eigenvalue weighted by atomic mass is 16.4. The van der Waals surface area contributed by atoms with Gasteiger partial charge in [-0.25, -0.2) is 4.79 Å². The molecule has 0 bridgehead atoms. The van der Waals surface area contributed by atoms with Crippen molar-refractivity contribution in [2.75, 3.05) is 5.73 Å². The summed E-state index contributed by atoms with van der Waals surface area (Å²) in [6.45, 7) is 8.25. The van der Waals surface area contributed by atoms with Crippen LogP contribution in [0.2, 0.25) is 0 Å². The number of hydrogen-bond acceptors (Lipinski definition) is 3. The third kappa shape index (κ3) is 6.70. The van der Waals surface area contributed by atoms with E-state index in [1.807, 2.05) is 13.8 Å². The Hall–Kier alpha value is -1.71. The minimum absolute atomic E-state index is 0.140. The van der Waals surface area contributed by atoms with Crippen molar-refractivity contribution in [3.8, 4) is 5.75 Å². The normalized spacial score (nSPS) is 8.00. The summed E-state index contributed by atoms with van der Waals surface area (Å²) in [5.41, 5.74) is 5.48.